The SMILES string of the molecule is CCCN(CCC)C(=O)C1=Cc2ccc(C(=O)Nc3cccc(CNC(=O)CCc4ccccc4)c3)cc2N=C(N)C1. The van der Waals surface area contributed by atoms with E-state index in [0.29, 0.717) is 60.8 Å². The minimum Gasteiger partial charge on any atom is -0.387 e. The van der Waals surface area contributed by atoms with Crippen LogP contribution in [0.15, 0.2) is 83.4 Å². The van der Waals surface area contributed by atoms with E-state index in [2.05, 4.69) is 29.5 Å². The number of nitrogens with one attached hydrogen (secondary N) is 2. The predicted molar refractivity (Wildman–Crippen MR) is 168 cm³/mol. The Balaban J connectivity index is 1.40. The lowest BCUT2D eigenvalue weighted by atomic mass is 10.0. The van der Waals surface area contributed by atoms with Crippen molar-refractivity contribution in [3.8, 4) is 0 Å². The van der Waals surface area contributed by atoms with Crippen LogP contribution < -0.4 is 16.4 Å². The van der Waals surface area contributed by atoms with Gasteiger partial charge in [0.05, 0.1) is 5.69 Å². The Hall–Kier alpha value is -4.72. The van der Waals surface area contributed by atoms with E-state index in [1.54, 1.807) is 24.3 Å². The second-order valence-corrected chi connectivity index (χ2v) is 10.4. The summed E-state index contributed by atoms with van der Waals surface area (Å²) in [5.41, 5.74) is 11.1. The molecule has 0 bridgehead atoms. The molecule has 1 heterocycles. The number of anilines is 1. The first kappa shape index (κ1) is 30.2. The topological polar surface area (TPSA) is 117 Å². The van der Waals surface area contributed by atoms with E-state index in [1.165, 1.54) is 0 Å². The van der Waals surface area contributed by atoms with Crippen LogP contribution in [0.5, 0.6) is 0 Å². The number of carbonyl (C=O) groups is 3. The van der Waals surface area contributed by atoms with Crippen LogP contribution in [0, 0.1) is 0 Å². The molecule has 0 spiro atoms. The van der Waals surface area contributed by atoms with Crippen molar-refractivity contribution in [1.29, 1.82) is 0 Å². The molecule has 0 fully saturated rings. The van der Waals surface area contributed by atoms with Crippen molar-refractivity contribution >= 4 is 41.0 Å². The lowest BCUT2D eigenvalue weighted by Crippen LogP contribution is -2.34. The molecule has 3 aromatic carbocycles. The Morgan fingerprint density at radius 2 is 1.64 bits per heavy atom. The molecule has 0 atom stereocenters. The highest BCUT2D eigenvalue weighted by Gasteiger charge is 2.21. The lowest BCUT2D eigenvalue weighted by molar-refractivity contribution is -0.127. The second-order valence-electron chi connectivity index (χ2n) is 10.4. The molecule has 8 heteroatoms. The van der Waals surface area contributed by atoms with Gasteiger partial charge in [-0.05, 0) is 60.7 Å². The fourth-order valence-corrected chi connectivity index (χ4v) is 4.88. The smallest absolute Gasteiger partial charge is 0.255 e. The van der Waals surface area contributed by atoms with E-state index in [-0.39, 0.29) is 24.1 Å². The van der Waals surface area contributed by atoms with Gasteiger partial charge in [-0.15, -0.1) is 0 Å². The van der Waals surface area contributed by atoms with Gasteiger partial charge < -0.3 is 21.3 Å². The van der Waals surface area contributed by atoms with Gasteiger partial charge in [0.1, 0.15) is 5.84 Å². The third-order valence-electron chi connectivity index (χ3n) is 6.97. The van der Waals surface area contributed by atoms with Crippen LogP contribution in [-0.2, 0) is 22.6 Å². The lowest BCUT2D eigenvalue weighted by Gasteiger charge is -2.22. The Bertz CT molecular complexity index is 1470. The Kier molecular flexibility index (Phi) is 10.6. The molecule has 218 valence electrons. The molecule has 4 N–H and O–H groups in total. The van der Waals surface area contributed by atoms with Crippen LogP contribution in [-0.4, -0.2) is 41.5 Å². The molecule has 0 saturated carbocycles. The predicted octanol–water partition coefficient (Wildman–Crippen LogP) is 5.61. The molecule has 3 aromatic rings. The summed E-state index contributed by atoms with van der Waals surface area (Å²) in [6, 6.07) is 22.5. The summed E-state index contributed by atoms with van der Waals surface area (Å²) in [6.07, 6.45) is 4.94. The van der Waals surface area contributed by atoms with Crippen LogP contribution >= 0.6 is 0 Å². The van der Waals surface area contributed by atoms with Crippen molar-refractivity contribution < 1.29 is 14.4 Å². The summed E-state index contributed by atoms with van der Waals surface area (Å²) in [5.74, 6) is -0.0196. The fraction of sp³-hybridized carbons (Fsp3) is 0.294. The van der Waals surface area contributed by atoms with Crippen molar-refractivity contribution in [1.82, 2.24) is 10.2 Å². The first-order valence-electron chi connectivity index (χ1n) is 14.5. The molecule has 1 aliphatic rings. The highest BCUT2D eigenvalue weighted by atomic mass is 16.2. The largest absolute Gasteiger partial charge is 0.387 e. The van der Waals surface area contributed by atoms with Crippen molar-refractivity contribution in [2.75, 3.05) is 18.4 Å². The van der Waals surface area contributed by atoms with E-state index in [4.69, 9.17) is 5.73 Å². The monoisotopic (exact) mass is 565 g/mol. The van der Waals surface area contributed by atoms with Gasteiger partial charge in [-0.1, -0.05) is 62.4 Å². The van der Waals surface area contributed by atoms with E-state index < -0.39 is 0 Å². The number of hydrogen-bond donors (Lipinski definition) is 3. The van der Waals surface area contributed by atoms with E-state index >= 15 is 0 Å². The summed E-state index contributed by atoms with van der Waals surface area (Å²) < 4.78 is 0. The first-order chi connectivity index (χ1) is 20.4. The average Bonchev–Trinajstić information content (AvgIpc) is 3.16. The number of nitrogens with zero attached hydrogens (tertiary/aromatic N) is 2. The molecule has 0 saturated heterocycles. The number of fused-ring (bicyclic) bond motifs is 1. The number of carbonyl (C=O) groups excluding carboxylic acids is 3. The quantitative estimate of drug-likeness (QED) is 0.265. The molecule has 8 nitrogen and oxygen atoms in total. The normalized spacial score (nSPS) is 12.3. The van der Waals surface area contributed by atoms with Gasteiger partial charge in [-0.3, -0.25) is 14.4 Å². The maximum atomic E-state index is 13.2. The molecule has 1 aliphatic heterocycles. The molecule has 0 aromatic heterocycles. The van der Waals surface area contributed by atoms with E-state index in [0.717, 1.165) is 29.5 Å². The average molecular weight is 566 g/mol. The van der Waals surface area contributed by atoms with Crippen LogP contribution in [0.2, 0.25) is 0 Å². The second kappa shape index (κ2) is 14.8. The van der Waals surface area contributed by atoms with Gasteiger partial charge in [0, 0.05) is 54.9 Å². The summed E-state index contributed by atoms with van der Waals surface area (Å²) in [6.45, 7) is 5.85. The highest BCUT2D eigenvalue weighted by molar-refractivity contribution is 6.08. The van der Waals surface area contributed by atoms with Crippen LogP contribution in [0.1, 0.15) is 66.6 Å². The molecule has 0 unspecified atom stereocenters. The summed E-state index contributed by atoms with van der Waals surface area (Å²) >= 11 is 0. The number of amidine groups is 1. The number of amides is 3. The van der Waals surface area contributed by atoms with Crippen molar-refractivity contribution in [2.45, 2.75) is 52.5 Å². The summed E-state index contributed by atoms with van der Waals surface area (Å²) in [5, 5.41) is 5.88. The van der Waals surface area contributed by atoms with E-state index in [9.17, 15) is 14.4 Å². The molecule has 0 aliphatic carbocycles. The Morgan fingerprint density at radius 3 is 2.38 bits per heavy atom. The maximum Gasteiger partial charge on any atom is 0.255 e. The van der Waals surface area contributed by atoms with Gasteiger partial charge in [-0.25, -0.2) is 4.99 Å². The van der Waals surface area contributed by atoms with Gasteiger partial charge in [0.2, 0.25) is 11.8 Å². The molecule has 42 heavy (non-hydrogen) atoms. The standard InChI is InChI=1S/C34H39N5O3/c1-3-17-39(18-4-2)34(42)28-20-26-14-15-27(21-30(26)38-31(35)22-28)33(41)37-29-12-8-11-25(19-29)23-36-32(40)16-13-24-9-6-5-7-10-24/h5-12,14-15,19-21H,3-4,13,16-18,22-23H2,1-2H3,(H2,35,38)(H,36,40)(H,37,41). The maximum absolute atomic E-state index is 13.2. The number of rotatable bonds is 12. The van der Waals surface area contributed by atoms with Crippen molar-refractivity contribution in [2.24, 2.45) is 10.7 Å². The highest BCUT2D eigenvalue weighted by Crippen LogP contribution is 2.29. The zero-order chi connectivity index (χ0) is 29.9. The number of aliphatic imine (C=N–C) groups is 1. The Labute approximate surface area is 247 Å². The van der Waals surface area contributed by atoms with Gasteiger partial charge in [-0.2, -0.15) is 0 Å². The first-order valence-corrected chi connectivity index (χ1v) is 14.5. The molecular formula is C34H39N5O3. The van der Waals surface area contributed by atoms with Crippen LogP contribution in [0.25, 0.3) is 6.08 Å². The zero-order valence-electron chi connectivity index (χ0n) is 24.4. The third-order valence-corrected chi connectivity index (χ3v) is 6.97. The minimum absolute atomic E-state index is 0.0274. The van der Waals surface area contributed by atoms with Gasteiger partial charge >= 0.3 is 0 Å². The van der Waals surface area contributed by atoms with Gasteiger partial charge in [0.15, 0.2) is 0 Å². The molecular weight excluding hydrogens is 526 g/mol. The fourth-order valence-electron chi connectivity index (χ4n) is 4.88. The van der Waals surface area contributed by atoms with Gasteiger partial charge in [0.25, 0.3) is 5.91 Å². The van der Waals surface area contributed by atoms with Crippen molar-refractivity contribution in [3.05, 3.63) is 101 Å². The zero-order valence-corrected chi connectivity index (χ0v) is 24.4. The Morgan fingerprint density at radius 1 is 0.905 bits per heavy atom. The third kappa shape index (κ3) is 8.39. The van der Waals surface area contributed by atoms with Crippen molar-refractivity contribution in [3.63, 3.8) is 0 Å². The van der Waals surface area contributed by atoms with E-state index in [1.807, 2.05) is 59.5 Å². The minimum atomic E-state index is -0.294. The number of benzene rings is 3. The summed E-state index contributed by atoms with van der Waals surface area (Å²) in [7, 11) is 0. The summed E-state index contributed by atoms with van der Waals surface area (Å²) in [4.78, 5) is 45.1. The molecule has 3 amide bonds. The molecule has 4 rings (SSSR count). The van der Waals surface area contributed by atoms with Crippen LogP contribution in [0.4, 0.5) is 11.4 Å². The van der Waals surface area contributed by atoms with Crippen LogP contribution in [0.3, 0.4) is 0 Å². The number of aryl methyl sites for hydroxylation is 1. The number of nitrogens with two attached hydrogens (primary N) is 1. The number of hydrogen-bond acceptors (Lipinski definition) is 5. The molecule has 0 radical (unpaired) electrons.